The third-order valence-electron chi connectivity index (χ3n) is 8.91. The molecule has 0 aromatic heterocycles. The van der Waals surface area contributed by atoms with Crippen molar-refractivity contribution in [2.24, 2.45) is 17.8 Å². The second-order valence-electron chi connectivity index (χ2n) is 12.2. The van der Waals surface area contributed by atoms with Gasteiger partial charge in [0.15, 0.2) is 5.79 Å². The summed E-state index contributed by atoms with van der Waals surface area (Å²) < 4.78 is 22.9. The summed E-state index contributed by atoms with van der Waals surface area (Å²) in [5.41, 5.74) is 2.91. The first-order valence-corrected chi connectivity index (χ1v) is 13.8. The minimum absolute atomic E-state index is 0.0643. The van der Waals surface area contributed by atoms with E-state index in [4.69, 9.17) is 18.9 Å². The molecule has 1 N–H and O–H groups in total. The molecule has 38 heavy (non-hydrogen) atoms. The van der Waals surface area contributed by atoms with Crippen LogP contribution >= 0.6 is 0 Å². The van der Waals surface area contributed by atoms with E-state index in [0.29, 0.717) is 30.0 Å². The van der Waals surface area contributed by atoms with E-state index in [2.05, 4.69) is 11.4 Å². The van der Waals surface area contributed by atoms with E-state index in [-0.39, 0.29) is 17.4 Å². The van der Waals surface area contributed by atoms with Crippen molar-refractivity contribution in [3.63, 3.8) is 0 Å². The Morgan fingerprint density at radius 3 is 2.16 bits per heavy atom. The molecule has 1 heterocycles. The molecule has 4 bridgehead atoms. The molecule has 2 aromatic rings. The molecule has 0 radical (unpaired) electrons. The monoisotopic (exact) mass is 519 g/mol. The van der Waals surface area contributed by atoms with Crippen molar-refractivity contribution >= 4 is 17.6 Å². The lowest BCUT2D eigenvalue weighted by Gasteiger charge is -2.57. The van der Waals surface area contributed by atoms with Gasteiger partial charge in [0.25, 0.3) is 5.91 Å². The van der Waals surface area contributed by atoms with E-state index in [9.17, 15) is 9.59 Å². The Morgan fingerprint density at radius 2 is 1.58 bits per heavy atom. The predicted molar refractivity (Wildman–Crippen MR) is 142 cm³/mol. The maximum Gasteiger partial charge on any atom is 0.337 e. The predicted octanol–water partition coefficient (Wildman–Crippen LogP) is 5.72. The van der Waals surface area contributed by atoms with Gasteiger partial charge in [-0.15, -0.1) is 0 Å². The molecule has 7 heteroatoms. The van der Waals surface area contributed by atoms with Crippen molar-refractivity contribution in [2.45, 2.75) is 69.7 Å². The molecular formula is C31H37NO6. The number of hydrogen-bond acceptors (Lipinski definition) is 6. The Bertz CT molecular complexity index is 1180. The van der Waals surface area contributed by atoms with Crippen LogP contribution in [0.1, 0.15) is 78.7 Å². The number of carbonyl (C=O) groups is 2. The van der Waals surface area contributed by atoms with E-state index in [1.54, 1.807) is 24.3 Å². The van der Waals surface area contributed by atoms with Crippen molar-refractivity contribution in [3.05, 3.63) is 59.2 Å². The van der Waals surface area contributed by atoms with Crippen molar-refractivity contribution in [2.75, 3.05) is 25.6 Å². The fourth-order valence-electron chi connectivity index (χ4n) is 7.69. The molecule has 1 saturated heterocycles. The third kappa shape index (κ3) is 4.94. The van der Waals surface area contributed by atoms with Gasteiger partial charge >= 0.3 is 5.97 Å². The molecule has 1 atom stereocenters. The second-order valence-corrected chi connectivity index (χ2v) is 12.2. The van der Waals surface area contributed by atoms with E-state index < -0.39 is 11.8 Å². The van der Waals surface area contributed by atoms with Gasteiger partial charge in [-0.25, -0.2) is 4.79 Å². The maximum absolute atomic E-state index is 13.3. The van der Waals surface area contributed by atoms with Gasteiger partial charge in [-0.05, 0) is 118 Å². The summed E-state index contributed by atoms with van der Waals surface area (Å²) in [5.74, 6) is 2.00. The Hall–Kier alpha value is -2.90. The summed E-state index contributed by atoms with van der Waals surface area (Å²) in [6.07, 6.45) is 7.44. The Balaban J connectivity index is 1.26. The number of hydrogen-bond donors (Lipinski definition) is 1. The molecule has 7 nitrogen and oxygen atoms in total. The standard InChI is InChI=1S/C31H37NO6/c1-30(2)37-18-25(38-30)17-36-27-9-6-23(28(33)32-24-7-4-22(5-8-24)29(34)35-3)13-26(27)31-14-19-10-20(15-31)12-21(11-19)16-31/h4-9,13,19-21,25H,10-12,14-18H2,1-3H3,(H,32,33). The quantitative estimate of drug-likeness (QED) is 0.471. The molecule has 4 aliphatic carbocycles. The molecule has 1 unspecified atom stereocenters. The fraction of sp³-hybridized carbons (Fsp3) is 0.548. The average molecular weight is 520 g/mol. The highest BCUT2D eigenvalue weighted by atomic mass is 16.7. The molecule has 2 aromatic carbocycles. The number of anilines is 1. The molecule has 7 rings (SSSR count). The van der Waals surface area contributed by atoms with Crippen LogP contribution in [0.4, 0.5) is 5.69 Å². The lowest BCUT2D eigenvalue weighted by molar-refractivity contribution is -0.141. The third-order valence-corrected chi connectivity index (χ3v) is 8.91. The molecule has 1 amide bonds. The number of esters is 1. The molecule has 5 fully saturated rings. The highest BCUT2D eigenvalue weighted by Crippen LogP contribution is 2.62. The topological polar surface area (TPSA) is 83.1 Å². The number of ether oxygens (including phenoxy) is 4. The molecule has 202 valence electrons. The molecular weight excluding hydrogens is 482 g/mol. The zero-order valence-corrected chi connectivity index (χ0v) is 22.5. The number of nitrogens with one attached hydrogen (secondary N) is 1. The zero-order valence-electron chi connectivity index (χ0n) is 22.5. The van der Waals surface area contributed by atoms with Gasteiger partial charge in [0.1, 0.15) is 18.5 Å². The number of benzene rings is 2. The number of carbonyl (C=O) groups excluding carboxylic acids is 2. The molecule has 0 spiro atoms. The van der Waals surface area contributed by atoms with Crippen LogP contribution in [-0.4, -0.2) is 44.1 Å². The van der Waals surface area contributed by atoms with Crippen molar-refractivity contribution < 1.29 is 28.5 Å². The van der Waals surface area contributed by atoms with E-state index in [1.807, 2.05) is 26.0 Å². The van der Waals surface area contributed by atoms with E-state index in [1.165, 1.54) is 51.2 Å². The first kappa shape index (κ1) is 25.4. The Labute approximate surface area is 224 Å². The van der Waals surface area contributed by atoms with Crippen molar-refractivity contribution in [1.82, 2.24) is 0 Å². The van der Waals surface area contributed by atoms with Crippen LogP contribution in [0.15, 0.2) is 42.5 Å². The first-order chi connectivity index (χ1) is 18.2. The highest BCUT2D eigenvalue weighted by molar-refractivity contribution is 6.04. The van der Waals surface area contributed by atoms with Crippen LogP contribution in [-0.2, 0) is 19.6 Å². The lowest BCUT2D eigenvalue weighted by atomic mass is 9.48. The van der Waals surface area contributed by atoms with Crippen LogP contribution in [0.5, 0.6) is 5.75 Å². The normalized spacial score (nSPS) is 30.7. The summed E-state index contributed by atoms with van der Waals surface area (Å²) in [7, 11) is 1.35. The van der Waals surface area contributed by atoms with Crippen molar-refractivity contribution in [3.8, 4) is 5.75 Å². The summed E-state index contributed by atoms with van der Waals surface area (Å²) in [4.78, 5) is 25.1. The van der Waals surface area contributed by atoms with Crippen LogP contribution in [0.2, 0.25) is 0 Å². The number of rotatable bonds is 7. The van der Waals surface area contributed by atoms with Crippen LogP contribution < -0.4 is 10.1 Å². The molecule has 4 saturated carbocycles. The summed E-state index contributed by atoms with van der Waals surface area (Å²) in [6, 6.07) is 12.6. The maximum atomic E-state index is 13.3. The zero-order chi connectivity index (χ0) is 26.5. The lowest BCUT2D eigenvalue weighted by Crippen LogP contribution is -2.48. The average Bonchev–Trinajstić information content (AvgIpc) is 3.25. The second kappa shape index (κ2) is 9.69. The summed E-state index contributed by atoms with van der Waals surface area (Å²) in [6.45, 7) is 4.77. The number of methoxy groups -OCH3 is 1. The van der Waals surface area contributed by atoms with Crippen LogP contribution in [0.3, 0.4) is 0 Å². The fourth-order valence-corrected chi connectivity index (χ4v) is 7.69. The van der Waals surface area contributed by atoms with Gasteiger partial charge in [-0.3, -0.25) is 4.79 Å². The van der Waals surface area contributed by atoms with Gasteiger partial charge in [0, 0.05) is 16.8 Å². The highest BCUT2D eigenvalue weighted by Gasteiger charge is 2.52. The minimum atomic E-state index is -0.590. The van der Waals surface area contributed by atoms with Crippen LogP contribution in [0.25, 0.3) is 0 Å². The molecule has 5 aliphatic rings. The van der Waals surface area contributed by atoms with E-state index >= 15 is 0 Å². The van der Waals surface area contributed by atoms with Gasteiger partial charge in [-0.1, -0.05) is 0 Å². The van der Waals surface area contributed by atoms with Gasteiger partial charge in [0.05, 0.1) is 19.3 Å². The van der Waals surface area contributed by atoms with Crippen molar-refractivity contribution in [1.29, 1.82) is 0 Å². The summed E-state index contributed by atoms with van der Waals surface area (Å²) >= 11 is 0. The van der Waals surface area contributed by atoms with Gasteiger partial charge < -0.3 is 24.3 Å². The SMILES string of the molecule is COC(=O)c1ccc(NC(=O)c2ccc(OCC3COC(C)(C)O3)c(C34CC5CC(CC(C5)C3)C4)c2)cc1. The molecule has 1 aliphatic heterocycles. The first-order valence-electron chi connectivity index (χ1n) is 13.8. The van der Waals surface area contributed by atoms with E-state index in [0.717, 1.165) is 23.5 Å². The Kier molecular flexibility index (Phi) is 6.47. The van der Waals surface area contributed by atoms with Gasteiger partial charge in [-0.2, -0.15) is 0 Å². The summed E-state index contributed by atoms with van der Waals surface area (Å²) in [5, 5.41) is 2.98. The number of amides is 1. The minimum Gasteiger partial charge on any atom is -0.490 e. The largest absolute Gasteiger partial charge is 0.490 e. The smallest absolute Gasteiger partial charge is 0.337 e. The van der Waals surface area contributed by atoms with Crippen LogP contribution in [0, 0.1) is 17.8 Å². The van der Waals surface area contributed by atoms with Gasteiger partial charge in [0.2, 0.25) is 0 Å². The Morgan fingerprint density at radius 1 is 0.947 bits per heavy atom.